The standard InChI is InChI=1S/C23H21FN4O3/c1-27(2)19-5-3-4-16(12-19)13-28-14-18(8-11-21(28)29)23-25-22(26-31-23)17-6-9-20(10-7-17)30-15-24/h3-12,14H,13,15H2,1-2H3. The zero-order valence-corrected chi connectivity index (χ0v) is 17.2. The molecule has 158 valence electrons. The molecule has 0 radical (unpaired) electrons. The van der Waals surface area contributed by atoms with E-state index in [1.807, 2.05) is 43.3 Å². The van der Waals surface area contributed by atoms with Gasteiger partial charge in [0.25, 0.3) is 11.4 Å². The summed E-state index contributed by atoms with van der Waals surface area (Å²) in [5.74, 6) is 1.11. The molecule has 0 amide bonds. The van der Waals surface area contributed by atoms with E-state index < -0.39 is 6.86 Å². The molecule has 4 aromatic rings. The molecule has 0 saturated heterocycles. The summed E-state index contributed by atoms with van der Waals surface area (Å²) in [7, 11) is 3.95. The van der Waals surface area contributed by atoms with Gasteiger partial charge in [0, 0.05) is 37.6 Å². The molecule has 0 aliphatic rings. The van der Waals surface area contributed by atoms with Crippen molar-refractivity contribution in [3.8, 4) is 28.6 Å². The van der Waals surface area contributed by atoms with Gasteiger partial charge in [-0.2, -0.15) is 4.98 Å². The first-order valence-electron chi connectivity index (χ1n) is 9.63. The highest BCUT2D eigenvalue weighted by Crippen LogP contribution is 2.24. The first kappa shape index (κ1) is 20.3. The molecule has 2 aromatic carbocycles. The molecule has 2 aromatic heterocycles. The zero-order valence-electron chi connectivity index (χ0n) is 17.2. The number of hydrogen-bond acceptors (Lipinski definition) is 6. The van der Waals surface area contributed by atoms with E-state index in [-0.39, 0.29) is 5.56 Å². The molecule has 0 saturated carbocycles. The smallest absolute Gasteiger partial charge is 0.259 e. The Morgan fingerprint density at radius 2 is 1.84 bits per heavy atom. The van der Waals surface area contributed by atoms with Gasteiger partial charge < -0.3 is 18.7 Å². The topological polar surface area (TPSA) is 73.4 Å². The van der Waals surface area contributed by atoms with Gasteiger partial charge in [-0.05, 0) is 48.0 Å². The number of alkyl halides is 1. The van der Waals surface area contributed by atoms with Gasteiger partial charge >= 0.3 is 0 Å². The van der Waals surface area contributed by atoms with E-state index >= 15 is 0 Å². The fourth-order valence-corrected chi connectivity index (χ4v) is 3.13. The van der Waals surface area contributed by atoms with Crippen LogP contribution in [0.1, 0.15) is 5.56 Å². The highest BCUT2D eigenvalue weighted by molar-refractivity contribution is 5.60. The van der Waals surface area contributed by atoms with Gasteiger partial charge in [-0.15, -0.1) is 0 Å². The molecule has 7 nitrogen and oxygen atoms in total. The third kappa shape index (κ3) is 4.63. The van der Waals surface area contributed by atoms with E-state index in [0.29, 0.717) is 35.1 Å². The van der Waals surface area contributed by atoms with Crippen molar-refractivity contribution in [2.75, 3.05) is 25.9 Å². The molecule has 0 fully saturated rings. The molecule has 4 rings (SSSR count). The molecule has 31 heavy (non-hydrogen) atoms. The Hall–Kier alpha value is -3.94. The van der Waals surface area contributed by atoms with Crippen LogP contribution in [0.4, 0.5) is 10.1 Å². The van der Waals surface area contributed by atoms with Gasteiger partial charge in [0.2, 0.25) is 12.7 Å². The van der Waals surface area contributed by atoms with Gasteiger partial charge in [-0.3, -0.25) is 4.79 Å². The second-order valence-corrected chi connectivity index (χ2v) is 7.15. The summed E-state index contributed by atoms with van der Waals surface area (Å²) >= 11 is 0. The van der Waals surface area contributed by atoms with Crippen molar-refractivity contribution in [3.05, 3.63) is 82.8 Å². The van der Waals surface area contributed by atoms with E-state index in [0.717, 1.165) is 11.3 Å². The molecule has 0 spiro atoms. The molecular formula is C23H21FN4O3. The second-order valence-electron chi connectivity index (χ2n) is 7.15. The third-order valence-electron chi connectivity index (χ3n) is 4.77. The lowest BCUT2D eigenvalue weighted by Gasteiger charge is -2.14. The van der Waals surface area contributed by atoms with Crippen LogP contribution in [-0.2, 0) is 6.54 Å². The average molecular weight is 420 g/mol. The first-order chi connectivity index (χ1) is 15.0. The molecule has 0 atom stereocenters. The first-order valence-corrected chi connectivity index (χ1v) is 9.63. The van der Waals surface area contributed by atoms with Crippen LogP contribution in [0.15, 0.2) is 76.2 Å². The quantitative estimate of drug-likeness (QED) is 0.450. The molecule has 0 unspecified atom stereocenters. The van der Waals surface area contributed by atoms with Crippen molar-refractivity contribution >= 4 is 5.69 Å². The van der Waals surface area contributed by atoms with Crippen LogP contribution in [0.3, 0.4) is 0 Å². The van der Waals surface area contributed by atoms with Crippen molar-refractivity contribution in [1.82, 2.24) is 14.7 Å². The van der Waals surface area contributed by atoms with Crippen LogP contribution in [-0.4, -0.2) is 35.7 Å². The molecule has 0 aliphatic carbocycles. The van der Waals surface area contributed by atoms with Gasteiger partial charge in [0.05, 0.1) is 12.1 Å². The Bertz CT molecular complexity index is 1230. The highest BCUT2D eigenvalue weighted by atomic mass is 19.1. The lowest BCUT2D eigenvalue weighted by Crippen LogP contribution is -2.19. The zero-order chi connectivity index (χ0) is 21.8. The van der Waals surface area contributed by atoms with Crippen molar-refractivity contribution in [2.45, 2.75) is 6.54 Å². The Morgan fingerprint density at radius 3 is 2.58 bits per heavy atom. The summed E-state index contributed by atoms with van der Waals surface area (Å²) in [5, 5.41) is 4.01. The van der Waals surface area contributed by atoms with Crippen LogP contribution in [0.25, 0.3) is 22.8 Å². The van der Waals surface area contributed by atoms with Crippen LogP contribution in [0.5, 0.6) is 5.75 Å². The Balaban J connectivity index is 1.59. The van der Waals surface area contributed by atoms with Crippen molar-refractivity contribution in [1.29, 1.82) is 0 Å². The summed E-state index contributed by atoms with van der Waals surface area (Å²) in [5.41, 5.74) is 3.29. The second kappa shape index (κ2) is 8.83. The molecule has 2 heterocycles. The largest absolute Gasteiger partial charge is 0.463 e. The fourth-order valence-electron chi connectivity index (χ4n) is 3.13. The molecule has 0 bridgehead atoms. The number of halogens is 1. The lowest BCUT2D eigenvalue weighted by molar-refractivity contribution is 0.192. The number of rotatable bonds is 7. The monoisotopic (exact) mass is 420 g/mol. The fraction of sp³-hybridized carbons (Fsp3) is 0.174. The lowest BCUT2D eigenvalue weighted by atomic mass is 10.2. The average Bonchev–Trinajstić information content (AvgIpc) is 3.26. The summed E-state index contributed by atoms with van der Waals surface area (Å²) in [6.45, 7) is -0.466. The van der Waals surface area contributed by atoms with E-state index in [1.54, 1.807) is 41.1 Å². The number of ether oxygens (including phenoxy) is 1. The van der Waals surface area contributed by atoms with E-state index in [2.05, 4.69) is 10.1 Å². The minimum atomic E-state index is -0.888. The van der Waals surface area contributed by atoms with Gasteiger partial charge in [0.15, 0.2) is 0 Å². The van der Waals surface area contributed by atoms with Crippen LogP contribution < -0.4 is 15.2 Å². The number of anilines is 1. The summed E-state index contributed by atoms with van der Waals surface area (Å²) in [6.07, 6.45) is 1.71. The maximum atomic E-state index is 12.4. The Kier molecular flexibility index (Phi) is 5.79. The maximum absolute atomic E-state index is 12.4. The number of nitrogens with zero attached hydrogens (tertiary/aromatic N) is 4. The molecule has 8 heteroatoms. The summed E-state index contributed by atoms with van der Waals surface area (Å²) in [6, 6.07) is 17.8. The molecule has 0 N–H and O–H groups in total. The van der Waals surface area contributed by atoms with Crippen LogP contribution in [0, 0.1) is 0 Å². The van der Waals surface area contributed by atoms with Crippen molar-refractivity contribution in [3.63, 3.8) is 0 Å². The third-order valence-corrected chi connectivity index (χ3v) is 4.77. The minimum Gasteiger partial charge on any atom is -0.463 e. The predicted molar refractivity (Wildman–Crippen MR) is 116 cm³/mol. The van der Waals surface area contributed by atoms with Crippen LogP contribution >= 0.6 is 0 Å². The van der Waals surface area contributed by atoms with Gasteiger partial charge in [-0.25, -0.2) is 4.39 Å². The SMILES string of the molecule is CN(C)c1cccc(Cn2cc(-c3nc(-c4ccc(OCF)cc4)no3)ccc2=O)c1. The molecular weight excluding hydrogens is 399 g/mol. The molecule has 0 aliphatic heterocycles. The number of pyridine rings is 1. The van der Waals surface area contributed by atoms with E-state index in [9.17, 15) is 9.18 Å². The number of hydrogen-bond donors (Lipinski definition) is 0. The highest BCUT2D eigenvalue weighted by Gasteiger charge is 2.12. The normalized spacial score (nSPS) is 10.8. The summed E-state index contributed by atoms with van der Waals surface area (Å²) < 4.78 is 24.1. The van der Waals surface area contributed by atoms with Crippen molar-refractivity contribution in [2.24, 2.45) is 0 Å². The maximum Gasteiger partial charge on any atom is 0.259 e. The number of aromatic nitrogens is 3. The predicted octanol–water partition coefficient (Wildman–Crippen LogP) is 3.99. The van der Waals surface area contributed by atoms with E-state index in [1.165, 1.54) is 6.07 Å². The number of benzene rings is 2. The van der Waals surface area contributed by atoms with Gasteiger partial charge in [-0.1, -0.05) is 17.3 Å². The minimum absolute atomic E-state index is 0.123. The summed E-state index contributed by atoms with van der Waals surface area (Å²) in [4.78, 5) is 18.8. The van der Waals surface area contributed by atoms with Crippen LogP contribution in [0.2, 0.25) is 0 Å². The van der Waals surface area contributed by atoms with Crippen molar-refractivity contribution < 1.29 is 13.7 Å². The van der Waals surface area contributed by atoms with Gasteiger partial charge in [0.1, 0.15) is 5.75 Å². The van der Waals surface area contributed by atoms with E-state index in [4.69, 9.17) is 9.26 Å². The Morgan fingerprint density at radius 1 is 1.06 bits per heavy atom. The Labute approximate surface area is 178 Å².